The van der Waals surface area contributed by atoms with Crippen molar-refractivity contribution < 1.29 is 0 Å². The number of hydrogen-bond acceptors (Lipinski definition) is 2. The fourth-order valence-corrected chi connectivity index (χ4v) is 2.95. The van der Waals surface area contributed by atoms with E-state index in [-0.39, 0.29) is 5.54 Å². The molecule has 2 nitrogen and oxygen atoms in total. The largest absolute Gasteiger partial charge is 0.313 e. The molecule has 3 rings (SSSR count). The summed E-state index contributed by atoms with van der Waals surface area (Å²) >= 11 is 0. The highest BCUT2D eigenvalue weighted by Crippen LogP contribution is 2.28. The average Bonchev–Trinajstić information content (AvgIpc) is 2.77. The van der Waals surface area contributed by atoms with E-state index < -0.39 is 0 Å². The zero-order valence-electron chi connectivity index (χ0n) is 9.97. The van der Waals surface area contributed by atoms with Gasteiger partial charge in [0.2, 0.25) is 0 Å². The summed E-state index contributed by atoms with van der Waals surface area (Å²) in [6.07, 6.45) is 3.88. The van der Waals surface area contributed by atoms with Gasteiger partial charge in [-0.3, -0.25) is 0 Å². The molecule has 16 heavy (non-hydrogen) atoms. The van der Waals surface area contributed by atoms with Crippen molar-refractivity contribution in [3.8, 4) is 0 Å². The van der Waals surface area contributed by atoms with Crippen LogP contribution in [0.1, 0.15) is 30.0 Å². The van der Waals surface area contributed by atoms with Gasteiger partial charge < -0.3 is 10.6 Å². The molecule has 1 aliphatic heterocycles. The van der Waals surface area contributed by atoms with E-state index in [2.05, 4.69) is 35.8 Å². The standard InChI is InChI=1S/C14H20N2/c1-14(10-15-7-8-16-14)13-6-5-11-3-2-4-12(11)9-13/h5-6,9,15-16H,2-4,7-8,10H2,1H3. The molecule has 1 aromatic carbocycles. The fourth-order valence-electron chi connectivity index (χ4n) is 2.95. The number of piperazine rings is 1. The highest BCUT2D eigenvalue weighted by molar-refractivity contribution is 5.38. The molecule has 0 amide bonds. The van der Waals surface area contributed by atoms with Gasteiger partial charge in [0.25, 0.3) is 0 Å². The number of nitrogens with one attached hydrogen (secondary N) is 2. The molecule has 1 saturated heterocycles. The molecule has 0 bridgehead atoms. The second-order valence-corrected chi connectivity index (χ2v) is 5.27. The molecule has 0 radical (unpaired) electrons. The van der Waals surface area contributed by atoms with Crippen LogP contribution in [0.3, 0.4) is 0 Å². The summed E-state index contributed by atoms with van der Waals surface area (Å²) in [7, 11) is 0. The number of rotatable bonds is 1. The van der Waals surface area contributed by atoms with E-state index >= 15 is 0 Å². The van der Waals surface area contributed by atoms with E-state index in [0.29, 0.717) is 0 Å². The van der Waals surface area contributed by atoms with Gasteiger partial charge in [0, 0.05) is 19.6 Å². The number of benzene rings is 1. The molecule has 1 aromatic rings. The number of hydrogen-bond donors (Lipinski definition) is 2. The van der Waals surface area contributed by atoms with Crippen molar-refractivity contribution in [2.24, 2.45) is 0 Å². The van der Waals surface area contributed by atoms with Crippen LogP contribution in [0.5, 0.6) is 0 Å². The first-order valence-corrected chi connectivity index (χ1v) is 6.36. The van der Waals surface area contributed by atoms with Crippen molar-refractivity contribution in [2.75, 3.05) is 19.6 Å². The van der Waals surface area contributed by atoms with Crippen LogP contribution in [-0.2, 0) is 18.4 Å². The SMILES string of the molecule is CC1(c2ccc3c(c2)CCC3)CNCCN1. The second-order valence-electron chi connectivity index (χ2n) is 5.27. The van der Waals surface area contributed by atoms with Gasteiger partial charge in [-0.25, -0.2) is 0 Å². The lowest BCUT2D eigenvalue weighted by molar-refractivity contribution is 0.303. The van der Waals surface area contributed by atoms with Gasteiger partial charge in [0.1, 0.15) is 0 Å². The maximum atomic E-state index is 3.64. The van der Waals surface area contributed by atoms with Gasteiger partial charge in [-0.15, -0.1) is 0 Å². The number of fused-ring (bicyclic) bond motifs is 1. The van der Waals surface area contributed by atoms with Gasteiger partial charge in [0.15, 0.2) is 0 Å². The molecule has 1 fully saturated rings. The summed E-state index contributed by atoms with van der Waals surface area (Å²) < 4.78 is 0. The molecule has 0 aromatic heterocycles. The predicted octanol–water partition coefficient (Wildman–Crippen LogP) is 1.58. The van der Waals surface area contributed by atoms with E-state index in [1.165, 1.54) is 24.8 Å². The molecule has 0 spiro atoms. The summed E-state index contributed by atoms with van der Waals surface area (Å²) in [6, 6.07) is 7.06. The zero-order valence-corrected chi connectivity index (χ0v) is 9.97. The molecule has 1 aliphatic carbocycles. The Balaban J connectivity index is 1.93. The Labute approximate surface area is 97.4 Å². The monoisotopic (exact) mass is 216 g/mol. The molecule has 1 heterocycles. The second kappa shape index (κ2) is 3.86. The van der Waals surface area contributed by atoms with Gasteiger partial charge >= 0.3 is 0 Å². The van der Waals surface area contributed by atoms with Gasteiger partial charge in [-0.2, -0.15) is 0 Å². The molecule has 2 aliphatic rings. The maximum Gasteiger partial charge on any atom is 0.0532 e. The Bertz CT molecular complexity index is 392. The summed E-state index contributed by atoms with van der Waals surface area (Å²) in [5.41, 5.74) is 4.71. The third-order valence-corrected chi connectivity index (χ3v) is 4.03. The highest BCUT2D eigenvalue weighted by Gasteiger charge is 2.28. The van der Waals surface area contributed by atoms with E-state index in [1.807, 2.05) is 0 Å². The minimum Gasteiger partial charge on any atom is -0.313 e. The minimum absolute atomic E-state index is 0.121. The van der Waals surface area contributed by atoms with E-state index in [4.69, 9.17) is 0 Å². The molecule has 1 unspecified atom stereocenters. The van der Waals surface area contributed by atoms with Gasteiger partial charge in [-0.1, -0.05) is 18.2 Å². The van der Waals surface area contributed by atoms with Crippen LogP contribution in [0.4, 0.5) is 0 Å². The van der Waals surface area contributed by atoms with Crippen molar-refractivity contribution in [2.45, 2.75) is 31.7 Å². The van der Waals surface area contributed by atoms with Crippen LogP contribution in [-0.4, -0.2) is 19.6 Å². The Kier molecular flexibility index (Phi) is 2.49. The van der Waals surface area contributed by atoms with Crippen molar-refractivity contribution in [3.63, 3.8) is 0 Å². The number of aryl methyl sites for hydroxylation is 2. The van der Waals surface area contributed by atoms with Gasteiger partial charge in [0.05, 0.1) is 5.54 Å². The molecule has 1 atom stereocenters. The Morgan fingerprint density at radius 2 is 2.00 bits per heavy atom. The van der Waals surface area contributed by atoms with Crippen molar-refractivity contribution in [3.05, 3.63) is 34.9 Å². The van der Waals surface area contributed by atoms with E-state index in [0.717, 1.165) is 19.6 Å². The molecular weight excluding hydrogens is 196 g/mol. The van der Waals surface area contributed by atoms with Crippen LogP contribution in [0, 0.1) is 0 Å². The first-order chi connectivity index (χ1) is 7.78. The Morgan fingerprint density at radius 1 is 1.12 bits per heavy atom. The summed E-state index contributed by atoms with van der Waals surface area (Å²) in [6.45, 7) is 5.48. The third-order valence-electron chi connectivity index (χ3n) is 4.03. The van der Waals surface area contributed by atoms with Crippen molar-refractivity contribution in [1.29, 1.82) is 0 Å². The normalized spacial score (nSPS) is 29.1. The topological polar surface area (TPSA) is 24.1 Å². The van der Waals surface area contributed by atoms with Crippen LogP contribution in [0.25, 0.3) is 0 Å². The smallest absolute Gasteiger partial charge is 0.0532 e. The lowest BCUT2D eigenvalue weighted by Crippen LogP contribution is -2.55. The third kappa shape index (κ3) is 1.66. The zero-order chi connectivity index (χ0) is 11.0. The lowest BCUT2D eigenvalue weighted by Gasteiger charge is -2.36. The van der Waals surface area contributed by atoms with Gasteiger partial charge in [-0.05, 0) is 42.9 Å². The van der Waals surface area contributed by atoms with E-state index in [9.17, 15) is 0 Å². The molecule has 2 N–H and O–H groups in total. The molecule has 86 valence electrons. The maximum absolute atomic E-state index is 3.64. The first kappa shape index (κ1) is 10.3. The Hall–Kier alpha value is -0.860. The summed E-state index contributed by atoms with van der Waals surface area (Å²) in [4.78, 5) is 0. The van der Waals surface area contributed by atoms with E-state index in [1.54, 1.807) is 11.1 Å². The average molecular weight is 216 g/mol. The Morgan fingerprint density at radius 3 is 2.81 bits per heavy atom. The van der Waals surface area contributed by atoms with Crippen LogP contribution in [0.15, 0.2) is 18.2 Å². The molecular formula is C14H20N2. The van der Waals surface area contributed by atoms with Crippen molar-refractivity contribution >= 4 is 0 Å². The summed E-state index contributed by atoms with van der Waals surface area (Å²) in [5, 5.41) is 7.12. The summed E-state index contributed by atoms with van der Waals surface area (Å²) in [5.74, 6) is 0. The highest BCUT2D eigenvalue weighted by atomic mass is 15.1. The molecule has 0 saturated carbocycles. The first-order valence-electron chi connectivity index (χ1n) is 6.36. The van der Waals surface area contributed by atoms with Crippen molar-refractivity contribution in [1.82, 2.24) is 10.6 Å². The van der Waals surface area contributed by atoms with Crippen LogP contribution >= 0.6 is 0 Å². The lowest BCUT2D eigenvalue weighted by atomic mass is 9.88. The van der Waals surface area contributed by atoms with Crippen LogP contribution < -0.4 is 10.6 Å². The molecule has 2 heteroatoms. The minimum atomic E-state index is 0.121. The fraction of sp³-hybridized carbons (Fsp3) is 0.571. The quantitative estimate of drug-likeness (QED) is 0.745. The predicted molar refractivity (Wildman–Crippen MR) is 66.7 cm³/mol. The van der Waals surface area contributed by atoms with Crippen LogP contribution in [0.2, 0.25) is 0 Å².